The molecule has 35 heavy (non-hydrogen) atoms. The highest BCUT2D eigenvalue weighted by Crippen LogP contribution is 2.48. The van der Waals surface area contributed by atoms with E-state index in [1.165, 1.54) is 32.5 Å². The van der Waals surface area contributed by atoms with Crippen LogP contribution < -0.4 is 25.4 Å². The smallest absolute Gasteiger partial charge is 0.271 e. The van der Waals surface area contributed by atoms with E-state index < -0.39 is 11.8 Å². The van der Waals surface area contributed by atoms with Crippen LogP contribution in [0.25, 0.3) is 0 Å². The third-order valence-electron chi connectivity index (χ3n) is 6.07. The van der Waals surface area contributed by atoms with Gasteiger partial charge in [0.2, 0.25) is 5.75 Å². The van der Waals surface area contributed by atoms with Crippen molar-refractivity contribution in [1.82, 2.24) is 15.4 Å². The number of pyridine rings is 1. The Balaban J connectivity index is 1.87. The van der Waals surface area contributed by atoms with Gasteiger partial charge in [-0.05, 0) is 42.7 Å². The fraction of sp³-hybridized carbons (Fsp3) is 0.280. The molecule has 1 aromatic carbocycles. The molecule has 1 aliphatic carbocycles. The summed E-state index contributed by atoms with van der Waals surface area (Å²) < 4.78 is 16.4. The Labute approximate surface area is 202 Å². The molecule has 0 spiro atoms. The lowest BCUT2D eigenvalue weighted by Crippen LogP contribution is -2.48. The van der Waals surface area contributed by atoms with E-state index in [1.54, 1.807) is 30.5 Å². The highest BCUT2D eigenvalue weighted by molar-refractivity contribution is 6.00. The molecule has 0 bridgehead atoms. The van der Waals surface area contributed by atoms with Gasteiger partial charge in [-0.1, -0.05) is 0 Å². The van der Waals surface area contributed by atoms with Crippen LogP contribution in [0.3, 0.4) is 0 Å². The van der Waals surface area contributed by atoms with Crippen molar-refractivity contribution < 1.29 is 23.8 Å². The maximum Gasteiger partial charge on any atom is 0.271 e. The van der Waals surface area contributed by atoms with E-state index in [2.05, 4.69) is 16.5 Å². The number of ether oxygens (including phenoxy) is 3. The Morgan fingerprint density at radius 1 is 1.20 bits per heavy atom. The van der Waals surface area contributed by atoms with Gasteiger partial charge in [0.05, 0.1) is 44.5 Å². The van der Waals surface area contributed by atoms with E-state index in [0.717, 1.165) is 0 Å². The minimum absolute atomic E-state index is 0.0388. The molecule has 0 saturated heterocycles. The standard InChI is InChI=1S/C25H25N5O5/c1-33-19-10-15(11-20(34-2)23(19)35-3)21-16(12-26)24(27)30(17-7-4-8-18(31)22(17)21)29-25(32)14-6-5-9-28-13-14/h5-6,9-11,13,21H,4,7-8,27H2,1-3H3,(H,29,32). The van der Waals surface area contributed by atoms with Crippen molar-refractivity contribution in [3.05, 3.63) is 70.5 Å². The Kier molecular flexibility index (Phi) is 6.59. The third-order valence-corrected chi connectivity index (χ3v) is 6.07. The topological polar surface area (TPSA) is 140 Å². The zero-order chi connectivity index (χ0) is 25.1. The summed E-state index contributed by atoms with van der Waals surface area (Å²) in [5.74, 6) is -0.147. The summed E-state index contributed by atoms with van der Waals surface area (Å²) in [4.78, 5) is 30.1. The molecule has 10 nitrogen and oxygen atoms in total. The minimum atomic E-state index is -0.761. The molecule has 180 valence electrons. The zero-order valence-corrected chi connectivity index (χ0v) is 19.6. The molecule has 1 atom stereocenters. The van der Waals surface area contributed by atoms with Crippen LogP contribution in [0.2, 0.25) is 0 Å². The highest BCUT2D eigenvalue weighted by atomic mass is 16.5. The number of allylic oxidation sites excluding steroid dienone is 3. The van der Waals surface area contributed by atoms with Crippen molar-refractivity contribution in [2.24, 2.45) is 5.73 Å². The summed E-state index contributed by atoms with van der Waals surface area (Å²) in [6.07, 6.45) is 4.39. The number of Topliss-reactive ketones (excluding diaryl/α,β-unsaturated/α-hetero) is 1. The molecule has 4 rings (SSSR count). The molecule has 0 saturated carbocycles. The first-order valence-electron chi connectivity index (χ1n) is 10.9. The van der Waals surface area contributed by atoms with Gasteiger partial charge >= 0.3 is 0 Å². The van der Waals surface area contributed by atoms with E-state index in [9.17, 15) is 14.9 Å². The largest absolute Gasteiger partial charge is 0.493 e. The summed E-state index contributed by atoms with van der Waals surface area (Å²) in [5.41, 5.74) is 11.2. The number of carbonyl (C=O) groups excluding carboxylic acids is 2. The number of benzene rings is 1. The highest BCUT2D eigenvalue weighted by Gasteiger charge is 2.41. The predicted octanol–water partition coefficient (Wildman–Crippen LogP) is 2.55. The summed E-state index contributed by atoms with van der Waals surface area (Å²) in [6.45, 7) is 0. The molecule has 1 unspecified atom stereocenters. The Morgan fingerprint density at radius 2 is 1.91 bits per heavy atom. The van der Waals surface area contributed by atoms with Crippen LogP contribution >= 0.6 is 0 Å². The number of nitrogens with one attached hydrogen (secondary N) is 1. The number of nitrogens with two attached hydrogens (primary N) is 1. The van der Waals surface area contributed by atoms with Crippen LogP contribution in [0.1, 0.15) is 41.1 Å². The maximum atomic E-state index is 13.2. The molecular weight excluding hydrogens is 450 g/mol. The summed E-state index contributed by atoms with van der Waals surface area (Å²) in [6, 6.07) is 8.80. The van der Waals surface area contributed by atoms with E-state index in [-0.39, 0.29) is 17.2 Å². The maximum absolute atomic E-state index is 13.2. The molecule has 1 aromatic heterocycles. The van der Waals surface area contributed by atoms with Gasteiger partial charge in [-0.3, -0.25) is 20.0 Å². The fourth-order valence-electron chi connectivity index (χ4n) is 4.48. The Morgan fingerprint density at radius 3 is 2.49 bits per heavy atom. The van der Waals surface area contributed by atoms with Gasteiger partial charge in [-0.25, -0.2) is 5.01 Å². The second-order valence-electron chi connectivity index (χ2n) is 7.96. The first kappa shape index (κ1) is 23.6. The first-order chi connectivity index (χ1) is 16.9. The second kappa shape index (κ2) is 9.77. The fourth-order valence-corrected chi connectivity index (χ4v) is 4.48. The summed E-state index contributed by atoms with van der Waals surface area (Å²) in [5, 5.41) is 11.5. The van der Waals surface area contributed by atoms with Gasteiger partial charge in [0, 0.05) is 30.1 Å². The van der Waals surface area contributed by atoms with E-state index in [1.807, 2.05) is 0 Å². The van der Waals surface area contributed by atoms with Gasteiger partial charge in [0.15, 0.2) is 17.3 Å². The first-order valence-corrected chi connectivity index (χ1v) is 10.9. The Bertz CT molecular complexity index is 1250. The second-order valence-corrected chi connectivity index (χ2v) is 7.96. The average Bonchev–Trinajstić information content (AvgIpc) is 2.89. The molecule has 0 radical (unpaired) electrons. The Hall–Kier alpha value is -4.52. The van der Waals surface area contributed by atoms with Crippen molar-refractivity contribution in [3.8, 4) is 23.3 Å². The summed E-state index contributed by atoms with van der Waals surface area (Å²) >= 11 is 0. The normalized spacial score (nSPS) is 17.5. The van der Waals surface area contributed by atoms with E-state index in [0.29, 0.717) is 58.9 Å². The molecular formula is C25H25N5O5. The van der Waals surface area contributed by atoms with Crippen LogP contribution in [0.5, 0.6) is 17.2 Å². The monoisotopic (exact) mass is 475 g/mol. The number of amides is 1. The van der Waals surface area contributed by atoms with Crippen LogP contribution in [0.4, 0.5) is 0 Å². The van der Waals surface area contributed by atoms with Crippen molar-refractivity contribution in [2.75, 3.05) is 21.3 Å². The minimum Gasteiger partial charge on any atom is -0.493 e. The number of hydrogen-bond donors (Lipinski definition) is 2. The van der Waals surface area contributed by atoms with Crippen LogP contribution in [0.15, 0.2) is 59.3 Å². The predicted molar refractivity (Wildman–Crippen MR) is 125 cm³/mol. The quantitative estimate of drug-likeness (QED) is 0.645. The molecule has 2 aliphatic rings. The van der Waals surface area contributed by atoms with Gasteiger partial charge < -0.3 is 19.9 Å². The molecule has 1 amide bonds. The molecule has 2 aromatic rings. The number of hydrazine groups is 1. The molecule has 0 fully saturated rings. The third kappa shape index (κ3) is 4.12. The lowest BCUT2D eigenvalue weighted by Gasteiger charge is -2.39. The van der Waals surface area contributed by atoms with Crippen molar-refractivity contribution >= 4 is 11.7 Å². The molecule has 2 heterocycles. The number of aromatic nitrogens is 1. The van der Waals surface area contributed by atoms with Crippen molar-refractivity contribution in [1.29, 1.82) is 5.26 Å². The number of nitrogens with zero attached hydrogens (tertiary/aromatic N) is 3. The lowest BCUT2D eigenvalue weighted by molar-refractivity contribution is -0.116. The van der Waals surface area contributed by atoms with Gasteiger partial charge in [-0.15, -0.1) is 0 Å². The number of methoxy groups -OCH3 is 3. The van der Waals surface area contributed by atoms with Crippen LogP contribution in [-0.4, -0.2) is 43.0 Å². The van der Waals surface area contributed by atoms with Gasteiger partial charge in [0.1, 0.15) is 5.82 Å². The van der Waals surface area contributed by atoms with Crippen molar-refractivity contribution in [2.45, 2.75) is 25.2 Å². The molecule has 10 heteroatoms. The van der Waals surface area contributed by atoms with Crippen LogP contribution in [0, 0.1) is 11.3 Å². The zero-order valence-electron chi connectivity index (χ0n) is 19.6. The number of nitriles is 1. The van der Waals surface area contributed by atoms with Gasteiger partial charge in [0.25, 0.3) is 5.91 Å². The van der Waals surface area contributed by atoms with Gasteiger partial charge in [-0.2, -0.15) is 5.26 Å². The molecule has 1 aliphatic heterocycles. The SMILES string of the molecule is COc1cc(C2C(C#N)=C(N)N(NC(=O)c3cccnc3)C3=C2C(=O)CCC3)cc(OC)c1OC. The van der Waals surface area contributed by atoms with Crippen LogP contribution in [-0.2, 0) is 4.79 Å². The number of carbonyl (C=O) groups is 2. The number of hydrogen-bond acceptors (Lipinski definition) is 9. The molecule has 3 N–H and O–H groups in total. The lowest BCUT2D eigenvalue weighted by atomic mass is 9.76. The summed E-state index contributed by atoms with van der Waals surface area (Å²) in [7, 11) is 4.47. The number of ketones is 1. The average molecular weight is 476 g/mol. The van der Waals surface area contributed by atoms with Crippen molar-refractivity contribution in [3.63, 3.8) is 0 Å². The number of rotatable bonds is 6. The van der Waals surface area contributed by atoms with E-state index >= 15 is 0 Å². The van der Waals surface area contributed by atoms with E-state index in [4.69, 9.17) is 19.9 Å².